The second-order valence-electron chi connectivity index (χ2n) is 5.11. The van der Waals surface area contributed by atoms with Gasteiger partial charge >= 0.3 is 0 Å². The van der Waals surface area contributed by atoms with Crippen LogP contribution in [0.4, 0.5) is 0 Å². The first kappa shape index (κ1) is 12.1. The standard InChI is InChI=1S/C15H17ClO2/c16-13-8-11-4-5-18-15(11)12(9-13)6-10-2-1-3-14(17)7-10/h7-9,14,17H,1-6H2. The summed E-state index contributed by atoms with van der Waals surface area (Å²) in [6, 6.07) is 3.99. The number of hydrogen-bond donors (Lipinski definition) is 1. The minimum atomic E-state index is -0.276. The lowest BCUT2D eigenvalue weighted by atomic mass is 9.92. The van der Waals surface area contributed by atoms with Crippen LogP contribution in [0.15, 0.2) is 23.8 Å². The molecule has 96 valence electrons. The highest BCUT2D eigenvalue weighted by Gasteiger charge is 2.19. The third-order valence-corrected chi connectivity index (χ3v) is 3.89. The molecule has 1 N–H and O–H groups in total. The first-order valence-corrected chi connectivity index (χ1v) is 6.92. The van der Waals surface area contributed by atoms with E-state index in [0.29, 0.717) is 0 Å². The van der Waals surface area contributed by atoms with Gasteiger partial charge in [0.25, 0.3) is 0 Å². The van der Waals surface area contributed by atoms with Crippen molar-refractivity contribution in [1.82, 2.24) is 0 Å². The third-order valence-electron chi connectivity index (χ3n) is 3.67. The lowest BCUT2D eigenvalue weighted by Gasteiger charge is -2.18. The zero-order valence-electron chi connectivity index (χ0n) is 10.3. The van der Waals surface area contributed by atoms with Crippen LogP contribution in [0.3, 0.4) is 0 Å². The fourth-order valence-electron chi connectivity index (χ4n) is 2.85. The number of fused-ring (bicyclic) bond motifs is 1. The maximum atomic E-state index is 9.67. The number of halogens is 1. The van der Waals surface area contributed by atoms with E-state index in [1.807, 2.05) is 18.2 Å². The number of hydrogen-bond acceptors (Lipinski definition) is 2. The summed E-state index contributed by atoms with van der Waals surface area (Å²) in [5.41, 5.74) is 3.68. The molecule has 18 heavy (non-hydrogen) atoms. The van der Waals surface area contributed by atoms with Crippen LogP contribution in [-0.2, 0) is 12.8 Å². The van der Waals surface area contributed by atoms with Gasteiger partial charge in [-0.25, -0.2) is 0 Å². The molecule has 2 nitrogen and oxygen atoms in total. The van der Waals surface area contributed by atoms with Crippen molar-refractivity contribution in [2.75, 3.05) is 6.61 Å². The summed E-state index contributed by atoms with van der Waals surface area (Å²) in [5, 5.41) is 10.5. The van der Waals surface area contributed by atoms with Gasteiger partial charge in [0.15, 0.2) is 0 Å². The van der Waals surface area contributed by atoms with Crippen LogP contribution in [0.2, 0.25) is 5.02 Å². The van der Waals surface area contributed by atoms with Gasteiger partial charge in [0.2, 0.25) is 0 Å². The number of aliphatic hydroxyl groups excluding tert-OH is 1. The molecule has 1 atom stereocenters. The monoisotopic (exact) mass is 264 g/mol. The minimum Gasteiger partial charge on any atom is -0.493 e. The largest absolute Gasteiger partial charge is 0.493 e. The first-order chi connectivity index (χ1) is 8.72. The molecule has 0 spiro atoms. The van der Waals surface area contributed by atoms with Crippen LogP contribution in [0.25, 0.3) is 0 Å². The molecule has 1 aliphatic heterocycles. The van der Waals surface area contributed by atoms with Gasteiger partial charge < -0.3 is 9.84 Å². The quantitative estimate of drug-likeness (QED) is 0.831. The summed E-state index contributed by atoms with van der Waals surface area (Å²) in [7, 11) is 0. The molecule has 0 fully saturated rings. The van der Waals surface area contributed by atoms with E-state index < -0.39 is 0 Å². The summed E-state index contributed by atoms with van der Waals surface area (Å²) < 4.78 is 5.70. The molecule has 1 aromatic rings. The van der Waals surface area contributed by atoms with Crippen LogP contribution >= 0.6 is 11.6 Å². The normalized spacial score (nSPS) is 22.3. The highest BCUT2D eigenvalue weighted by molar-refractivity contribution is 6.30. The minimum absolute atomic E-state index is 0.276. The summed E-state index contributed by atoms with van der Waals surface area (Å²) >= 11 is 6.15. The van der Waals surface area contributed by atoms with Gasteiger partial charge in [-0.05, 0) is 48.9 Å². The van der Waals surface area contributed by atoms with Gasteiger partial charge in [0, 0.05) is 11.4 Å². The van der Waals surface area contributed by atoms with Gasteiger partial charge in [-0.3, -0.25) is 0 Å². The molecule has 3 rings (SSSR count). The van der Waals surface area contributed by atoms with Crippen molar-refractivity contribution in [3.05, 3.63) is 39.9 Å². The Bertz CT molecular complexity index is 494. The predicted molar refractivity (Wildman–Crippen MR) is 72.3 cm³/mol. The fraction of sp³-hybridized carbons (Fsp3) is 0.467. The lowest BCUT2D eigenvalue weighted by Crippen LogP contribution is -2.10. The summed E-state index contributed by atoms with van der Waals surface area (Å²) in [6.45, 7) is 0.754. The van der Waals surface area contributed by atoms with E-state index in [9.17, 15) is 5.11 Å². The van der Waals surface area contributed by atoms with Gasteiger partial charge in [0.1, 0.15) is 5.75 Å². The van der Waals surface area contributed by atoms with E-state index in [-0.39, 0.29) is 6.10 Å². The Morgan fingerprint density at radius 3 is 3.06 bits per heavy atom. The van der Waals surface area contributed by atoms with Crippen molar-refractivity contribution in [3.63, 3.8) is 0 Å². The topological polar surface area (TPSA) is 29.5 Å². The molecule has 1 aromatic carbocycles. The van der Waals surface area contributed by atoms with Crippen LogP contribution in [0.1, 0.15) is 30.4 Å². The molecule has 0 aromatic heterocycles. The van der Waals surface area contributed by atoms with Crippen molar-refractivity contribution in [2.45, 2.75) is 38.2 Å². The number of ether oxygens (including phenoxy) is 1. The van der Waals surface area contributed by atoms with Crippen molar-refractivity contribution < 1.29 is 9.84 Å². The van der Waals surface area contributed by atoms with Crippen molar-refractivity contribution >= 4 is 11.6 Å². The van der Waals surface area contributed by atoms with E-state index in [2.05, 4.69) is 0 Å². The molecule has 0 saturated carbocycles. The van der Waals surface area contributed by atoms with E-state index in [4.69, 9.17) is 16.3 Å². The highest BCUT2D eigenvalue weighted by atomic mass is 35.5. The molecule has 1 aliphatic carbocycles. The Labute approximate surface area is 112 Å². The van der Waals surface area contributed by atoms with E-state index in [0.717, 1.165) is 55.0 Å². The molecule has 1 unspecified atom stereocenters. The lowest BCUT2D eigenvalue weighted by molar-refractivity contribution is 0.201. The highest BCUT2D eigenvalue weighted by Crippen LogP contribution is 2.35. The van der Waals surface area contributed by atoms with Gasteiger partial charge in [-0.1, -0.05) is 23.3 Å². The Hall–Kier alpha value is -0.990. The third kappa shape index (κ3) is 2.40. The summed E-state index contributed by atoms with van der Waals surface area (Å²) in [6.07, 6.45) is 6.53. The number of benzene rings is 1. The second kappa shape index (κ2) is 4.94. The van der Waals surface area contributed by atoms with Gasteiger partial charge in [-0.15, -0.1) is 0 Å². The Morgan fingerprint density at radius 2 is 2.22 bits per heavy atom. The van der Waals surface area contributed by atoms with Gasteiger partial charge in [0.05, 0.1) is 12.7 Å². The predicted octanol–water partition coefficient (Wildman–Crippen LogP) is 3.29. The van der Waals surface area contributed by atoms with Crippen molar-refractivity contribution in [1.29, 1.82) is 0 Å². The maximum Gasteiger partial charge on any atom is 0.126 e. The van der Waals surface area contributed by atoms with Crippen LogP contribution in [0.5, 0.6) is 5.75 Å². The second-order valence-corrected chi connectivity index (χ2v) is 5.55. The van der Waals surface area contributed by atoms with E-state index >= 15 is 0 Å². The van der Waals surface area contributed by atoms with Crippen LogP contribution in [0, 0.1) is 0 Å². The SMILES string of the molecule is OC1C=C(Cc2cc(Cl)cc3c2OCC3)CCC1. The Balaban J connectivity index is 1.89. The van der Waals surface area contributed by atoms with E-state index in [1.54, 1.807) is 0 Å². The van der Waals surface area contributed by atoms with Crippen molar-refractivity contribution in [2.24, 2.45) is 0 Å². The zero-order chi connectivity index (χ0) is 12.5. The van der Waals surface area contributed by atoms with E-state index in [1.165, 1.54) is 11.1 Å². The zero-order valence-corrected chi connectivity index (χ0v) is 11.0. The average molecular weight is 265 g/mol. The number of aliphatic hydroxyl groups is 1. The summed E-state index contributed by atoms with van der Waals surface area (Å²) in [4.78, 5) is 0. The molecular weight excluding hydrogens is 248 g/mol. The van der Waals surface area contributed by atoms with Gasteiger partial charge in [-0.2, -0.15) is 0 Å². The molecule has 0 bridgehead atoms. The smallest absolute Gasteiger partial charge is 0.126 e. The molecule has 0 saturated heterocycles. The maximum absolute atomic E-state index is 9.67. The molecule has 0 radical (unpaired) electrons. The number of allylic oxidation sites excluding steroid dienone is 1. The molecule has 1 heterocycles. The van der Waals surface area contributed by atoms with Crippen molar-refractivity contribution in [3.8, 4) is 5.75 Å². The molecule has 0 amide bonds. The van der Waals surface area contributed by atoms with Crippen LogP contribution in [-0.4, -0.2) is 17.8 Å². The summed E-state index contributed by atoms with van der Waals surface area (Å²) in [5.74, 6) is 1.01. The Morgan fingerprint density at radius 1 is 1.33 bits per heavy atom. The first-order valence-electron chi connectivity index (χ1n) is 6.54. The fourth-order valence-corrected chi connectivity index (χ4v) is 3.11. The van der Waals surface area contributed by atoms with Crippen LogP contribution < -0.4 is 4.74 Å². The molecule has 2 aliphatic rings. The Kier molecular flexibility index (Phi) is 3.31. The molecule has 3 heteroatoms. The molecular formula is C15H17ClO2. The average Bonchev–Trinajstić information content (AvgIpc) is 2.77. The number of rotatable bonds is 2.